The molecule has 0 bridgehead atoms. The third-order valence-corrected chi connectivity index (χ3v) is 2.18. The summed E-state index contributed by atoms with van der Waals surface area (Å²) in [6, 6.07) is 0. The van der Waals surface area contributed by atoms with Crippen LogP contribution in [0.15, 0.2) is 9.59 Å². The fraction of sp³-hybridized carbons (Fsp3) is 0.600. The smallest absolute Gasteiger partial charge is 0.253 e. The molecule has 0 saturated heterocycles. The van der Waals surface area contributed by atoms with Gasteiger partial charge in [0, 0.05) is 19.6 Å². The minimum absolute atomic E-state index is 0.0735. The van der Waals surface area contributed by atoms with Crippen molar-refractivity contribution in [2.45, 2.75) is 0 Å². The fourth-order valence-electron chi connectivity index (χ4n) is 1.31. The lowest BCUT2D eigenvalue weighted by atomic mass is 10.2. The second-order valence-corrected chi connectivity index (χ2v) is 3.79. The molecule has 3 N–H and O–H groups in total. The topological polar surface area (TPSA) is 81.7 Å². The van der Waals surface area contributed by atoms with E-state index in [0.29, 0.717) is 12.2 Å². The van der Waals surface area contributed by atoms with Crippen LogP contribution in [0, 0.1) is 0 Å². The van der Waals surface area contributed by atoms with E-state index in [0.717, 1.165) is 6.54 Å². The standard InChI is InChI=1S/C10H17N3O3/c1-13(2)5-3-11-7-8(12-4-6-14)10(16)9(7)15/h11-12,14H,3-6H2,1-2H3. The van der Waals surface area contributed by atoms with Crippen molar-refractivity contribution in [1.29, 1.82) is 0 Å². The lowest BCUT2D eigenvalue weighted by Gasteiger charge is -2.15. The minimum Gasteiger partial charge on any atom is -0.395 e. The van der Waals surface area contributed by atoms with Crippen LogP contribution >= 0.6 is 0 Å². The Morgan fingerprint density at radius 2 is 1.56 bits per heavy atom. The highest BCUT2D eigenvalue weighted by molar-refractivity contribution is 5.73. The molecule has 0 amide bonds. The largest absolute Gasteiger partial charge is 0.395 e. The summed E-state index contributed by atoms with van der Waals surface area (Å²) < 4.78 is 0. The van der Waals surface area contributed by atoms with Gasteiger partial charge in [0.2, 0.25) is 0 Å². The summed E-state index contributed by atoms with van der Waals surface area (Å²) in [6.07, 6.45) is 0. The molecule has 0 aromatic heterocycles. The quantitative estimate of drug-likeness (QED) is 0.500. The zero-order valence-corrected chi connectivity index (χ0v) is 9.54. The summed E-state index contributed by atoms with van der Waals surface area (Å²) in [5, 5.41) is 14.2. The number of likely N-dealkylation sites (N-methyl/N-ethyl adjacent to an activating group) is 1. The van der Waals surface area contributed by atoms with Gasteiger partial charge >= 0.3 is 0 Å². The van der Waals surface area contributed by atoms with Gasteiger partial charge < -0.3 is 20.6 Å². The van der Waals surface area contributed by atoms with E-state index in [4.69, 9.17) is 5.11 Å². The lowest BCUT2D eigenvalue weighted by Crippen LogP contribution is -2.38. The molecular weight excluding hydrogens is 210 g/mol. The number of anilines is 2. The third kappa shape index (κ3) is 2.80. The van der Waals surface area contributed by atoms with Gasteiger partial charge in [-0.1, -0.05) is 0 Å². The molecule has 1 rings (SSSR count). The Morgan fingerprint density at radius 3 is 2.00 bits per heavy atom. The maximum absolute atomic E-state index is 11.2. The number of nitrogens with zero attached hydrogens (tertiary/aromatic N) is 1. The van der Waals surface area contributed by atoms with E-state index in [9.17, 15) is 9.59 Å². The van der Waals surface area contributed by atoms with E-state index in [1.54, 1.807) is 0 Å². The Kier molecular flexibility index (Phi) is 4.45. The highest BCUT2D eigenvalue weighted by atomic mass is 16.3. The van der Waals surface area contributed by atoms with Crippen LogP contribution in [-0.4, -0.2) is 50.3 Å². The van der Waals surface area contributed by atoms with Crippen LogP contribution in [0.3, 0.4) is 0 Å². The maximum atomic E-state index is 11.2. The van der Waals surface area contributed by atoms with E-state index in [1.807, 2.05) is 19.0 Å². The molecule has 1 aromatic rings. The number of rotatable bonds is 7. The Balaban J connectivity index is 2.55. The monoisotopic (exact) mass is 227 g/mol. The van der Waals surface area contributed by atoms with Crippen molar-refractivity contribution in [3.05, 3.63) is 20.4 Å². The zero-order chi connectivity index (χ0) is 12.1. The third-order valence-electron chi connectivity index (χ3n) is 2.18. The van der Waals surface area contributed by atoms with Gasteiger partial charge in [0.15, 0.2) is 0 Å². The van der Waals surface area contributed by atoms with Crippen LogP contribution < -0.4 is 21.5 Å². The second-order valence-electron chi connectivity index (χ2n) is 3.79. The normalized spacial score (nSPS) is 11.0. The van der Waals surface area contributed by atoms with E-state index >= 15 is 0 Å². The molecule has 0 aliphatic carbocycles. The first-order valence-electron chi connectivity index (χ1n) is 5.14. The van der Waals surface area contributed by atoms with Crippen LogP contribution in [0.4, 0.5) is 11.4 Å². The number of aliphatic hydroxyl groups excluding tert-OH is 1. The Bertz CT molecular complexity index is 407. The van der Waals surface area contributed by atoms with Crippen molar-refractivity contribution < 1.29 is 5.11 Å². The van der Waals surface area contributed by atoms with Crippen molar-refractivity contribution in [2.24, 2.45) is 0 Å². The molecule has 0 unspecified atom stereocenters. The molecule has 0 aliphatic rings. The average molecular weight is 227 g/mol. The van der Waals surface area contributed by atoms with Gasteiger partial charge in [0.25, 0.3) is 10.9 Å². The van der Waals surface area contributed by atoms with Gasteiger partial charge in [0.1, 0.15) is 11.4 Å². The molecule has 1 aromatic carbocycles. The molecule has 0 atom stereocenters. The highest BCUT2D eigenvalue weighted by Crippen LogP contribution is 2.12. The van der Waals surface area contributed by atoms with Gasteiger partial charge in [-0.2, -0.15) is 0 Å². The number of aliphatic hydroxyl groups is 1. The summed E-state index contributed by atoms with van der Waals surface area (Å²) in [5.74, 6) is 0. The molecule has 90 valence electrons. The number of hydrogen-bond donors (Lipinski definition) is 3. The predicted octanol–water partition coefficient (Wildman–Crippen LogP) is -1.34. The number of nitrogens with one attached hydrogen (secondary N) is 2. The van der Waals surface area contributed by atoms with Crippen LogP contribution in [0.5, 0.6) is 0 Å². The summed E-state index contributed by atoms with van der Waals surface area (Å²) >= 11 is 0. The van der Waals surface area contributed by atoms with Crippen molar-refractivity contribution in [1.82, 2.24) is 4.90 Å². The molecular formula is C10H17N3O3. The molecule has 0 spiro atoms. The van der Waals surface area contributed by atoms with Crippen LogP contribution in [-0.2, 0) is 0 Å². The Morgan fingerprint density at radius 1 is 1.06 bits per heavy atom. The summed E-state index contributed by atoms with van der Waals surface area (Å²) in [6.45, 7) is 1.58. The molecule has 0 saturated carbocycles. The highest BCUT2D eigenvalue weighted by Gasteiger charge is 2.19. The van der Waals surface area contributed by atoms with Crippen molar-refractivity contribution >= 4 is 11.4 Å². The molecule has 6 heteroatoms. The first kappa shape index (κ1) is 12.7. The summed E-state index contributed by atoms with van der Waals surface area (Å²) in [4.78, 5) is 24.4. The Labute approximate surface area is 93.6 Å². The van der Waals surface area contributed by atoms with E-state index in [1.165, 1.54) is 0 Å². The molecule has 0 fully saturated rings. The SMILES string of the molecule is CN(C)CCNc1c(NCCO)c(=O)c1=O. The van der Waals surface area contributed by atoms with Crippen molar-refractivity contribution in [3.8, 4) is 0 Å². The van der Waals surface area contributed by atoms with Gasteiger partial charge in [-0.05, 0) is 14.1 Å². The summed E-state index contributed by atoms with van der Waals surface area (Å²) in [7, 11) is 3.85. The van der Waals surface area contributed by atoms with Crippen LogP contribution in [0.1, 0.15) is 0 Å². The predicted molar refractivity (Wildman–Crippen MR) is 64.0 cm³/mol. The van der Waals surface area contributed by atoms with E-state index < -0.39 is 10.9 Å². The first-order chi connectivity index (χ1) is 7.57. The second kappa shape index (κ2) is 5.62. The lowest BCUT2D eigenvalue weighted by molar-refractivity contribution is 0.311. The average Bonchev–Trinajstić information content (AvgIpc) is 2.26. The fourth-order valence-corrected chi connectivity index (χ4v) is 1.31. The van der Waals surface area contributed by atoms with E-state index in [-0.39, 0.29) is 18.8 Å². The van der Waals surface area contributed by atoms with E-state index in [2.05, 4.69) is 10.6 Å². The molecule has 16 heavy (non-hydrogen) atoms. The van der Waals surface area contributed by atoms with Gasteiger partial charge in [-0.15, -0.1) is 0 Å². The molecule has 0 aliphatic heterocycles. The van der Waals surface area contributed by atoms with Crippen LogP contribution in [0.25, 0.3) is 0 Å². The summed E-state index contributed by atoms with van der Waals surface area (Å²) in [5.41, 5.74) is -0.377. The Hall–Kier alpha value is -1.40. The van der Waals surface area contributed by atoms with Crippen molar-refractivity contribution in [2.75, 3.05) is 51.0 Å². The zero-order valence-electron chi connectivity index (χ0n) is 9.54. The number of hydrogen-bond acceptors (Lipinski definition) is 6. The maximum Gasteiger partial charge on any atom is 0.253 e. The van der Waals surface area contributed by atoms with Gasteiger partial charge in [-0.3, -0.25) is 9.59 Å². The van der Waals surface area contributed by atoms with Crippen LogP contribution in [0.2, 0.25) is 0 Å². The molecule has 0 radical (unpaired) electrons. The van der Waals surface area contributed by atoms with Gasteiger partial charge in [-0.25, -0.2) is 0 Å². The molecule has 0 heterocycles. The molecule has 6 nitrogen and oxygen atoms in total. The van der Waals surface area contributed by atoms with Crippen molar-refractivity contribution in [3.63, 3.8) is 0 Å². The first-order valence-corrected chi connectivity index (χ1v) is 5.14. The van der Waals surface area contributed by atoms with Gasteiger partial charge in [0.05, 0.1) is 6.61 Å². The minimum atomic E-state index is -0.513.